The van der Waals surface area contributed by atoms with E-state index < -0.39 is 5.97 Å². The smallest absolute Gasteiger partial charge is 0.354 e. The average Bonchev–Trinajstić information content (AvgIpc) is 3.08. The van der Waals surface area contributed by atoms with E-state index in [2.05, 4.69) is 15.0 Å². The van der Waals surface area contributed by atoms with Gasteiger partial charge >= 0.3 is 5.97 Å². The van der Waals surface area contributed by atoms with E-state index in [0.29, 0.717) is 6.54 Å². The Morgan fingerprint density at radius 2 is 2.38 bits per heavy atom. The van der Waals surface area contributed by atoms with Crippen molar-refractivity contribution >= 4 is 5.97 Å². The van der Waals surface area contributed by atoms with Gasteiger partial charge in [0.05, 0.1) is 11.7 Å². The van der Waals surface area contributed by atoms with Crippen LogP contribution in [0.25, 0.3) is 0 Å². The fraction of sp³-hybridized carbons (Fsp3) is 0.400. The summed E-state index contributed by atoms with van der Waals surface area (Å²) in [7, 11) is 0. The summed E-state index contributed by atoms with van der Waals surface area (Å²) >= 11 is 0. The second-order valence-electron chi connectivity index (χ2n) is 5.31. The molecule has 1 saturated heterocycles. The highest BCUT2D eigenvalue weighted by Crippen LogP contribution is 2.32. The van der Waals surface area contributed by atoms with E-state index in [9.17, 15) is 4.79 Å². The normalized spacial score (nSPS) is 19.0. The highest BCUT2D eigenvalue weighted by Gasteiger charge is 2.28. The minimum absolute atomic E-state index is 0.0838. The third-order valence-corrected chi connectivity index (χ3v) is 3.74. The van der Waals surface area contributed by atoms with E-state index >= 15 is 0 Å². The highest BCUT2D eigenvalue weighted by atomic mass is 16.5. The molecule has 0 aliphatic carbocycles. The van der Waals surface area contributed by atoms with Crippen LogP contribution in [0, 0.1) is 6.92 Å². The van der Waals surface area contributed by atoms with Gasteiger partial charge in [-0.2, -0.15) is 0 Å². The van der Waals surface area contributed by atoms with Gasteiger partial charge in [0.25, 0.3) is 0 Å². The van der Waals surface area contributed by atoms with Crippen molar-refractivity contribution in [3.8, 4) is 0 Å². The van der Waals surface area contributed by atoms with Crippen molar-refractivity contribution in [2.75, 3.05) is 6.54 Å². The maximum atomic E-state index is 11.0. The fourth-order valence-electron chi connectivity index (χ4n) is 2.79. The van der Waals surface area contributed by atoms with Crippen LogP contribution < -0.4 is 0 Å². The quantitative estimate of drug-likeness (QED) is 0.930. The van der Waals surface area contributed by atoms with Crippen LogP contribution in [0.15, 0.2) is 28.8 Å². The number of hydrogen-bond donors (Lipinski definition) is 1. The van der Waals surface area contributed by atoms with Crippen molar-refractivity contribution in [3.05, 3.63) is 47.1 Å². The zero-order valence-corrected chi connectivity index (χ0v) is 11.8. The molecule has 0 radical (unpaired) electrons. The molecule has 0 spiro atoms. The third-order valence-electron chi connectivity index (χ3n) is 3.74. The number of aryl methyl sites for hydroxylation is 1. The Morgan fingerprint density at radius 3 is 3.10 bits per heavy atom. The fourth-order valence-corrected chi connectivity index (χ4v) is 2.79. The topological polar surface area (TPSA) is 79.5 Å². The Hall–Kier alpha value is -2.21. The van der Waals surface area contributed by atoms with Crippen molar-refractivity contribution < 1.29 is 14.4 Å². The second kappa shape index (κ2) is 5.65. The first-order valence-corrected chi connectivity index (χ1v) is 7.00. The molecule has 1 fully saturated rings. The Labute approximate surface area is 122 Å². The molecule has 1 atom stereocenters. The van der Waals surface area contributed by atoms with E-state index in [4.69, 9.17) is 9.63 Å². The number of aromatic nitrogens is 2. The molecule has 1 aliphatic heterocycles. The second-order valence-corrected chi connectivity index (χ2v) is 5.31. The maximum absolute atomic E-state index is 11.0. The lowest BCUT2D eigenvalue weighted by molar-refractivity contribution is 0.0690. The van der Waals surface area contributed by atoms with Crippen molar-refractivity contribution in [3.63, 3.8) is 0 Å². The molecular formula is C15H17N3O3. The van der Waals surface area contributed by atoms with Crippen molar-refractivity contribution in [2.45, 2.75) is 32.4 Å². The molecule has 0 bridgehead atoms. The Kier molecular flexibility index (Phi) is 3.70. The van der Waals surface area contributed by atoms with Gasteiger partial charge in [-0.05, 0) is 38.4 Å². The van der Waals surface area contributed by atoms with Crippen LogP contribution in [0.4, 0.5) is 0 Å². The third kappa shape index (κ3) is 2.95. The number of nitrogens with zero attached hydrogens (tertiary/aromatic N) is 3. The number of aromatic carboxylic acids is 1. The predicted octanol–water partition coefficient (Wildman–Crippen LogP) is 2.41. The van der Waals surface area contributed by atoms with Gasteiger partial charge in [-0.1, -0.05) is 11.2 Å². The highest BCUT2D eigenvalue weighted by molar-refractivity contribution is 5.85. The first kappa shape index (κ1) is 13.8. The van der Waals surface area contributed by atoms with Crippen molar-refractivity contribution in [1.82, 2.24) is 15.0 Å². The molecular weight excluding hydrogens is 270 g/mol. The molecule has 1 aliphatic rings. The maximum Gasteiger partial charge on any atom is 0.354 e. The molecule has 0 amide bonds. The molecule has 2 aromatic rings. The Bertz CT molecular complexity index is 653. The summed E-state index contributed by atoms with van der Waals surface area (Å²) in [6.45, 7) is 3.46. The molecule has 3 rings (SSSR count). The van der Waals surface area contributed by atoms with Gasteiger partial charge in [0.2, 0.25) is 0 Å². The molecule has 0 aromatic carbocycles. The number of carboxylic acid groups (broad SMARTS) is 1. The number of rotatable bonds is 4. The van der Waals surface area contributed by atoms with Crippen LogP contribution in [0.2, 0.25) is 0 Å². The van der Waals surface area contributed by atoms with Gasteiger partial charge in [-0.25, -0.2) is 9.78 Å². The van der Waals surface area contributed by atoms with Gasteiger partial charge in [-0.15, -0.1) is 0 Å². The van der Waals surface area contributed by atoms with Gasteiger partial charge in [0, 0.05) is 12.6 Å². The molecule has 21 heavy (non-hydrogen) atoms. The molecule has 0 saturated carbocycles. The van der Waals surface area contributed by atoms with Gasteiger partial charge in [-0.3, -0.25) is 4.90 Å². The standard InChI is InChI=1S/C15H17N3O3/c1-10-8-13(17-21-10)14-6-3-7-18(14)9-11-4-2-5-12(16-11)15(19)20/h2,4-5,8,14H,3,6-7,9H2,1H3,(H,19,20). The lowest BCUT2D eigenvalue weighted by Crippen LogP contribution is -2.23. The monoisotopic (exact) mass is 287 g/mol. The first-order valence-electron chi connectivity index (χ1n) is 7.00. The van der Waals surface area contributed by atoms with Crippen LogP contribution in [-0.4, -0.2) is 32.7 Å². The minimum Gasteiger partial charge on any atom is -0.477 e. The van der Waals surface area contributed by atoms with Crippen molar-refractivity contribution in [1.29, 1.82) is 0 Å². The van der Waals surface area contributed by atoms with E-state index in [-0.39, 0.29) is 11.7 Å². The largest absolute Gasteiger partial charge is 0.477 e. The Balaban J connectivity index is 1.77. The number of pyridine rings is 1. The van der Waals surface area contributed by atoms with Crippen LogP contribution in [-0.2, 0) is 6.54 Å². The molecule has 2 aromatic heterocycles. The van der Waals surface area contributed by atoms with Crippen LogP contribution in [0.1, 0.15) is 46.5 Å². The zero-order valence-electron chi connectivity index (χ0n) is 11.8. The van der Waals surface area contributed by atoms with Crippen LogP contribution >= 0.6 is 0 Å². The number of carboxylic acids is 1. The van der Waals surface area contributed by atoms with E-state index in [0.717, 1.165) is 36.5 Å². The van der Waals surface area contributed by atoms with Gasteiger partial charge in [0.15, 0.2) is 0 Å². The SMILES string of the molecule is Cc1cc(C2CCCN2Cc2cccc(C(=O)O)n2)no1. The summed E-state index contributed by atoms with van der Waals surface area (Å²) in [6, 6.07) is 7.28. The number of carbonyl (C=O) groups is 1. The zero-order chi connectivity index (χ0) is 14.8. The van der Waals surface area contributed by atoms with Crippen molar-refractivity contribution in [2.24, 2.45) is 0 Å². The predicted molar refractivity (Wildman–Crippen MR) is 74.8 cm³/mol. The van der Waals surface area contributed by atoms with E-state index in [1.165, 1.54) is 6.07 Å². The number of likely N-dealkylation sites (tertiary alicyclic amines) is 1. The van der Waals surface area contributed by atoms with E-state index in [1.54, 1.807) is 6.07 Å². The average molecular weight is 287 g/mol. The van der Waals surface area contributed by atoms with Crippen LogP contribution in [0.3, 0.4) is 0 Å². The lowest BCUT2D eigenvalue weighted by atomic mass is 10.1. The summed E-state index contributed by atoms with van der Waals surface area (Å²) in [4.78, 5) is 17.4. The summed E-state index contributed by atoms with van der Waals surface area (Å²) in [5, 5.41) is 13.1. The summed E-state index contributed by atoms with van der Waals surface area (Å²) in [5.74, 6) is -0.190. The summed E-state index contributed by atoms with van der Waals surface area (Å²) in [5.41, 5.74) is 1.79. The minimum atomic E-state index is -0.998. The first-order chi connectivity index (χ1) is 10.1. The molecule has 110 valence electrons. The molecule has 6 nitrogen and oxygen atoms in total. The molecule has 3 heterocycles. The van der Waals surface area contributed by atoms with Gasteiger partial charge < -0.3 is 9.63 Å². The van der Waals surface area contributed by atoms with Crippen LogP contribution in [0.5, 0.6) is 0 Å². The summed E-state index contributed by atoms with van der Waals surface area (Å²) < 4.78 is 5.16. The number of hydrogen-bond acceptors (Lipinski definition) is 5. The summed E-state index contributed by atoms with van der Waals surface area (Å²) in [6.07, 6.45) is 2.12. The molecule has 6 heteroatoms. The molecule has 1 N–H and O–H groups in total. The van der Waals surface area contributed by atoms with Gasteiger partial charge in [0.1, 0.15) is 17.1 Å². The Morgan fingerprint density at radius 1 is 1.52 bits per heavy atom. The molecule has 1 unspecified atom stereocenters. The lowest BCUT2D eigenvalue weighted by Gasteiger charge is -2.22. The van der Waals surface area contributed by atoms with E-state index in [1.807, 2.05) is 19.1 Å².